The fourth-order valence-electron chi connectivity index (χ4n) is 1.07. The molecule has 19 heavy (non-hydrogen) atoms. The molecular weight excluding hydrogens is 341 g/mol. The number of ether oxygens (including phenoxy) is 1. The highest BCUT2D eigenvalue weighted by Crippen LogP contribution is 2.28. The Labute approximate surface area is 122 Å². The second-order valence-corrected chi connectivity index (χ2v) is 4.77. The van der Waals surface area contributed by atoms with Crippen LogP contribution in [-0.4, -0.2) is 29.7 Å². The number of benzene rings is 1. The molecule has 0 fully saturated rings. The number of amides is 1. The van der Waals surface area contributed by atoms with Crippen molar-refractivity contribution in [1.29, 1.82) is 0 Å². The van der Waals surface area contributed by atoms with Crippen molar-refractivity contribution < 1.29 is 24.3 Å². The molecule has 0 aliphatic carbocycles. The number of carboxylic acids is 1. The molecule has 6 nitrogen and oxygen atoms in total. The maximum absolute atomic E-state index is 11.5. The van der Waals surface area contributed by atoms with Crippen LogP contribution in [0.4, 0.5) is 0 Å². The van der Waals surface area contributed by atoms with Crippen molar-refractivity contribution >= 4 is 39.4 Å². The van der Waals surface area contributed by atoms with Crippen molar-refractivity contribution in [2.45, 2.75) is 13.0 Å². The summed E-state index contributed by atoms with van der Waals surface area (Å²) in [6, 6.07) is 4.85. The lowest BCUT2D eigenvalue weighted by Crippen LogP contribution is -2.37. The summed E-state index contributed by atoms with van der Waals surface area (Å²) in [7, 11) is 0. The van der Waals surface area contributed by atoms with Gasteiger partial charge in [-0.3, -0.25) is 9.63 Å². The predicted octanol–water partition coefficient (Wildman–Crippen LogP) is 2.00. The number of aliphatic carboxylic acids is 1. The minimum absolute atomic E-state index is 0.435. The molecule has 1 amide bonds. The number of nitrogens with one attached hydrogen (secondary N) is 1. The minimum Gasteiger partial charge on any atom is -0.480 e. The Morgan fingerprint density at radius 1 is 1.53 bits per heavy atom. The van der Waals surface area contributed by atoms with E-state index in [0.717, 1.165) is 0 Å². The Bertz CT molecular complexity index is 482. The second kappa shape index (κ2) is 7.32. The van der Waals surface area contributed by atoms with Crippen LogP contribution >= 0.6 is 27.5 Å². The standard InChI is InChI=1S/C11H11BrClNO5/c1-6(11(17)14-18-5-10(15)16)19-9-3-2-7(13)4-8(9)12/h2-4,6H,5H2,1H3,(H,14,17)(H,15,16). The number of rotatable bonds is 6. The molecule has 0 saturated heterocycles. The van der Waals surface area contributed by atoms with Crippen LogP contribution in [0.3, 0.4) is 0 Å². The summed E-state index contributed by atoms with van der Waals surface area (Å²) >= 11 is 9.02. The summed E-state index contributed by atoms with van der Waals surface area (Å²) in [4.78, 5) is 26.2. The van der Waals surface area contributed by atoms with E-state index < -0.39 is 24.6 Å². The summed E-state index contributed by atoms with van der Waals surface area (Å²) in [6.45, 7) is 0.879. The van der Waals surface area contributed by atoms with Gasteiger partial charge in [-0.05, 0) is 41.1 Å². The SMILES string of the molecule is CC(Oc1ccc(Cl)cc1Br)C(=O)NOCC(=O)O. The van der Waals surface area contributed by atoms with Crippen molar-refractivity contribution in [3.63, 3.8) is 0 Å². The number of hydrogen-bond donors (Lipinski definition) is 2. The molecule has 0 aliphatic rings. The van der Waals surface area contributed by atoms with Gasteiger partial charge in [0.15, 0.2) is 12.7 Å². The smallest absolute Gasteiger partial charge is 0.332 e. The molecule has 0 bridgehead atoms. The third kappa shape index (κ3) is 5.46. The van der Waals surface area contributed by atoms with Gasteiger partial charge in [0.1, 0.15) is 5.75 Å². The average molecular weight is 353 g/mol. The minimum atomic E-state index is -1.19. The van der Waals surface area contributed by atoms with Crippen molar-refractivity contribution in [2.24, 2.45) is 0 Å². The number of carboxylic acid groups (broad SMARTS) is 1. The Kier molecular flexibility index (Phi) is 6.07. The molecule has 1 aromatic rings. The van der Waals surface area contributed by atoms with Gasteiger partial charge in [-0.1, -0.05) is 11.6 Å². The third-order valence-corrected chi connectivity index (χ3v) is 2.79. The normalized spacial score (nSPS) is 11.7. The summed E-state index contributed by atoms with van der Waals surface area (Å²) in [5.74, 6) is -1.34. The Morgan fingerprint density at radius 3 is 2.79 bits per heavy atom. The van der Waals surface area contributed by atoms with Gasteiger partial charge in [-0.15, -0.1) is 0 Å². The molecule has 0 aliphatic heterocycles. The Hall–Kier alpha value is -1.31. The zero-order valence-corrected chi connectivity index (χ0v) is 12.2. The molecule has 104 valence electrons. The summed E-state index contributed by atoms with van der Waals surface area (Å²) < 4.78 is 5.98. The van der Waals surface area contributed by atoms with Crippen LogP contribution in [0.2, 0.25) is 5.02 Å². The van der Waals surface area contributed by atoms with E-state index in [1.54, 1.807) is 18.2 Å². The van der Waals surface area contributed by atoms with E-state index in [9.17, 15) is 9.59 Å². The summed E-state index contributed by atoms with van der Waals surface area (Å²) in [5, 5.41) is 8.87. The molecule has 0 radical (unpaired) electrons. The summed E-state index contributed by atoms with van der Waals surface area (Å²) in [6.07, 6.45) is -0.855. The molecule has 2 N–H and O–H groups in total. The van der Waals surface area contributed by atoms with Crippen molar-refractivity contribution in [3.8, 4) is 5.75 Å². The van der Waals surface area contributed by atoms with Gasteiger partial charge in [0.25, 0.3) is 5.91 Å². The highest BCUT2D eigenvalue weighted by molar-refractivity contribution is 9.10. The van der Waals surface area contributed by atoms with E-state index in [4.69, 9.17) is 21.4 Å². The average Bonchev–Trinajstić information content (AvgIpc) is 2.32. The predicted molar refractivity (Wildman–Crippen MR) is 71.0 cm³/mol. The molecular formula is C11H11BrClNO5. The van der Waals surface area contributed by atoms with Gasteiger partial charge in [0.2, 0.25) is 0 Å². The Balaban J connectivity index is 2.51. The largest absolute Gasteiger partial charge is 0.480 e. The highest BCUT2D eigenvalue weighted by Gasteiger charge is 2.16. The fourth-order valence-corrected chi connectivity index (χ4v) is 1.84. The van der Waals surface area contributed by atoms with Crippen molar-refractivity contribution in [2.75, 3.05) is 6.61 Å². The molecule has 1 unspecified atom stereocenters. The molecule has 0 spiro atoms. The van der Waals surface area contributed by atoms with Crippen LogP contribution in [0.25, 0.3) is 0 Å². The molecule has 0 heterocycles. The van der Waals surface area contributed by atoms with Gasteiger partial charge in [0.05, 0.1) is 4.47 Å². The first-order valence-corrected chi connectivity index (χ1v) is 6.32. The fraction of sp³-hybridized carbons (Fsp3) is 0.273. The van der Waals surface area contributed by atoms with E-state index in [1.165, 1.54) is 6.92 Å². The van der Waals surface area contributed by atoms with Crippen LogP contribution in [0.5, 0.6) is 5.75 Å². The first-order chi connectivity index (χ1) is 8.90. The van der Waals surface area contributed by atoms with Gasteiger partial charge >= 0.3 is 5.97 Å². The molecule has 1 rings (SSSR count). The first-order valence-electron chi connectivity index (χ1n) is 5.15. The van der Waals surface area contributed by atoms with Gasteiger partial charge in [-0.25, -0.2) is 10.3 Å². The van der Waals surface area contributed by atoms with Crippen molar-refractivity contribution in [3.05, 3.63) is 27.7 Å². The van der Waals surface area contributed by atoms with E-state index in [2.05, 4.69) is 20.8 Å². The molecule has 8 heteroatoms. The molecule has 0 aromatic heterocycles. The lowest BCUT2D eigenvalue weighted by atomic mass is 10.3. The highest BCUT2D eigenvalue weighted by atomic mass is 79.9. The molecule has 0 saturated carbocycles. The number of carbonyl (C=O) groups excluding carboxylic acids is 1. The van der Waals surface area contributed by atoms with Gasteiger partial charge < -0.3 is 9.84 Å². The van der Waals surface area contributed by atoms with Crippen LogP contribution < -0.4 is 10.2 Å². The van der Waals surface area contributed by atoms with E-state index in [0.29, 0.717) is 15.2 Å². The van der Waals surface area contributed by atoms with Crippen LogP contribution in [-0.2, 0) is 14.4 Å². The van der Waals surface area contributed by atoms with Gasteiger partial charge in [0, 0.05) is 5.02 Å². The zero-order valence-electron chi connectivity index (χ0n) is 9.85. The van der Waals surface area contributed by atoms with Crippen molar-refractivity contribution in [1.82, 2.24) is 5.48 Å². The quantitative estimate of drug-likeness (QED) is 0.765. The third-order valence-electron chi connectivity index (χ3n) is 1.94. The van der Waals surface area contributed by atoms with E-state index in [1.807, 2.05) is 5.48 Å². The summed E-state index contributed by atoms with van der Waals surface area (Å²) in [5.41, 5.74) is 1.98. The lowest BCUT2D eigenvalue weighted by molar-refractivity contribution is -0.151. The zero-order chi connectivity index (χ0) is 14.4. The second-order valence-electron chi connectivity index (χ2n) is 3.48. The number of carbonyl (C=O) groups is 2. The molecule has 1 aromatic carbocycles. The van der Waals surface area contributed by atoms with E-state index in [-0.39, 0.29) is 0 Å². The van der Waals surface area contributed by atoms with Crippen LogP contribution in [0.15, 0.2) is 22.7 Å². The number of hydrogen-bond acceptors (Lipinski definition) is 4. The van der Waals surface area contributed by atoms with E-state index >= 15 is 0 Å². The Morgan fingerprint density at radius 2 is 2.21 bits per heavy atom. The molecule has 1 atom stereocenters. The van der Waals surface area contributed by atoms with Gasteiger partial charge in [-0.2, -0.15) is 0 Å². The topological polar surface area (TPSA) is 84.9 Å². The maximum Gasteiger partial charge on any atom is 0.332 e. The van der Waals surface area contributed by atoms with Crippen LogP contribution in [0, 0.1) is 0 Å². The monoisotopic (exact) mass is 351 g/mol. The van der Waals surface area contributed by atoms with Crippen LogP contribution in [0.1, 0.15) is 6.92 Å². The number of halogens is 2. The first kappa shape index (κ1) is 15.7. The number of hydroxylamine groups is 1. The lowest BCUT2D eigenvalue weighted by Gasteiger charge is -2.15. The maximum atomic E-state index is 11.5.